The van der Waals surface area contributed by atoms with Crippen LogP contribution in [0.15, 0.2) is 18.2 Å². The Morgan fingerprint density at radius 2 is 2.11 bits per heavy atom. The number of fused-ring (bicyclic) bond motifs is 1. The smallest absolute Gasteiger partial charge is 0.0969 e. The Morgan fingerprint density at radius 1 is 1.28 bits per heavy atom. The molecule has 0 fully saturated rings. The lowest BCUT2D eigenvalue weighted by Crippen LogP contribution is -2.26. The molecule has 2 heterocycles. The quantitative estimate of drug-likeness (QED) is 0.869. The van der Waals surface area contributed by atoms with Gasteiger partial charge in [-0.15, -0.1) is 0 Å². The number of benzene rings is 1. The first-order valence-electron chi connectivity index (χ1n) is 5.85. The molecule has 3 nitrogen and oxygen atoms in total. The SMILES string of the molecule is CN1CCc2[nH]nc(-c3ccc(Cl)c(Cl)c3)c2C1. The summed E-state index contributed by atoms with van der Waals surface area (Å²) in [5.74, 6) is 0. The van der Waals surface area contributed by atoms with Crippen LogP contribution in [0.1, 0.15) is 11.3 Å². The van der Waals surface area contributed by atoms with E-state index in [1.54, 1.807) is 0 Å². The maximum absolute atomic E-state index is 6.06. The summed E-state index contributed by atoms with van der Waals surface area (Å²) in [5.41, 5.74) is 4.49. The number of aromatic amines is 1. The molecule has 0 aliphatic carbocycles. The molecule has 0 radical (unpaired) electrons. The minimum Gasteiger partial charge on any atom is -0.302 e. The summed E-state index contributed by atoms with van der Waals surface area (Å²) >= 11 is 12.0. The molecule has 0 unspecified atom stereocenters. The molecule has 1 aliphatic rings. The Bertz CT molecular complexity index is 592. The molecule has 18 heavy (non-hydrogen) atoms. The van der Waals surface area contributed by atoms with E-state index in [4.69, 9.17) is 23.2 Å². The van der Waals surface area contributed by atoms with Crippen molar-refractivity contribution in [1.29, 1.82) is 0 Å². The summed E-state index contributed by atoms with van der Waals surface area (Å²) in [7, 11) is 2.12. The van der Waals surface area contributed by atoms with Gasteiger partial charge < -0.3 is 4.90 Å². The van der Waals surface area contributed by atoms with Crippen LogP contribution in [-0.2, 0) is 13.0 Å². The zero-order valence-corrected chi connectivity index (χ0v) is 11.5. The summed E-state index contributed by atoms with van der Waals surface area (Å²) in [5, 5.41) is 8.68. The third kappa shape index (κ3) is 2.03. The first-order valence-corrected chi connectivity index (χ1v) is 6.61. The lowest BCUT2D eigenvalue weighted by Gasteiger charge is -2.22. The average molecular weight is 282 g/mol. The number of aromatic nitrogens is 2. The number of nitrogens with one attached hydrogen (secondary N) is 1. The molecule has 1 N–H and O–H groups in total. The van der Waals surface area contributed by atoms with Crippen LogP contribution in [0.4, 0.5) is 0 Å². The highest BCUT2D eigenvalue weighted by Crippen LogP contribution is 2.32. The Kier molecular flexibility index (Phi) is 3.06. The van der Waals surface area contributed by atoms with Gasteiger partial charge in [0.25, 0.3) is 0 Å². The number of H-pyrrole nitrogens is 1. The van der Waals surface area contributed by atoms with Gasteiger partial charge in [-0.05, 0) is 19.2 Å². The summed E-state index contributed by atoms with van der Waals surface area (Å²) in [4.78, 5) is 2.29. The Labute approximate surface area is 116 Å². The highest BCUT2D eigenvalue weighted by molar-refractivity contribution is 6.42. The van der Waals surface area contributed by atoms with E-state index >= 15 is 0 Å². The highest BCUT2D eigenvalue weighted by atomic mass is 35.5. The van der Waals surface area contributed by atoms with Crippen molar-refractivity contribution in [2.75, 3.05) is 13.6 Å². The van der Waals surface area contributed by atoms with Crippen molar-refractivity contribution in [1.82, 2.24) is 15.1 Å². The third-order valence-electron chi connectivity index (χ3n) is 3.32. The van der Waals surface area contributed by atoms with E-state index in [1.165, 1.54) is 11.3 Å². The maximum Gasteiger partial charge on any atom is 0.0969 e. The van der Waals surface area contributed by atoms with Gasteiger partial charge in [0.2, 0.25) is 0 Å². The number of hydrogen-bond acceptors (Lipinski definition) is 2. The molecule has 0 saturated heterocycles. The van der Waals surface area contributed by atoms with Crippen LogP contribution >= 0.6 is 23.2 Å². The molecule has 1 aromatic carbocycles. The lowest BCUT2D eigenvalue weighted by molar-refractivity contribution is 0.312. The van der Waals surface area contributed by atoms with E-state index in [0.717, 1.165) is 30.8 Å². The van der Waals surface area contributed by atoms with Crippen molar-refractivity contribution < 1.29 is 0 Å². The zero-order valence-electron chi connectivity index (χ0n) is 10.0. The summed E-state index contributed by atoms with van der Waals surface area (Å²) in [6, 6.07) is 5.64. The maximum atomic E-state index is 6.06. The van der Waals surface area contributed by atoms with E-state index in [9.17, 15) is 0 Å². The molecule has 1 aliphatic heterocycles. The number of halogens is 2. The number of hydrogen-bond donors (Lipinski definition) is 1. The zero-order chi connectivity index (χ0) is 12.7. The molecular weight excluding hydrogens is 269 g/mol. The monoisotopic (exact) mass is 281 g/mol. The van der Waals surface area contributed by atoms with Crippen LogP contribution in [0.3, 0.4) is 0 Å². The number of rotatable bonds is 1. The predicted molar refractivity (Wildman–Crippen MR) is 74.1 cm³/mol. The average Bonchev–Trinajstić information content (AvgIpc) is 2.75. The predicted octanol–water partition coefficient (Wildman–Crippen LogP) is 3.37. The molecule has 0 bridgehead atoms. The van der Waals surface area contributed by atoms with Gasteiger partial charge in [0, 0.05) is 36.3 Å². The molecule has 0 spiro atoms. The van der Waals surface area contributed by atoms with Gasteiger partial charge >= 0.3 is 0 Å². The molecular formula is C13H13Cl2N3. The standard InChI is InChI=1S/C13H13Cl2N3/c1-18-5-4-12-9(7-18)13(17-16-12)8-2-3-10(14)11(15)6-8/h2-3,6H,4-5,7H2,1H3,(H,16,17). The molecule has 94 valence electrons. The van der Waals surface area contributed by atoms with Crippen LogP contribution in [0.25, 0.3) is 11.3 Å². The Balaban J connectivity index is 2.07. The van der Waals surface area contributed by atoms with E-state index in [2.05, 4.69) is 22.1 Å². The fourth-order valence-corrected chi connectivity index (χ4v) is 2.61. The molecule has 1 aromatic heterocycles. The molecule has 0 saturated carbocycles. The largest absolute Gasteiger partial charge is 0.302 e. The molecule has 3 rings (SSSR count). The second-order valence-corrected chi connectivity index (χ2v) is 5.46. The van der Waals surface area contributed by atoms with Gasteiger partial charge in [-0.25, -0.2) is 0 Å². The Morgan fingerprint density at radius 3 is 2.89 bits per heavy atom. The second kappa shape index (κ2) is 4.57. The normalized spacial score (nSPS) is 15.7. The molecule has 2 aromatic rings. The molecule has 0 atom stereocenters. The van der Waals surface area contributed by atoms with Gasteiger partial charge in [-0.1, -0.05) is 29.3 Å². The second-order valence-electron chi connectivity index (χ2n) is 4.65. The van der Waals surface area contributed by atoms with Crippen molar-refractivity contribution in [3.8, 4) is 11.3 Å². The van der Waals surface area contributed by atoms with E-state index in [1.807, 2.05) is 18.2 Å². The number of likely N-dealkylation sites (N-methyl/N-ethyl adjacent to an activating group) is 1. The van der Waals surface area contributed by atoms with Crippen LogP contribution in [0.5, 0.6) is 0 Å². The van der Waals surface area contributed by atoms with Crippen LogP contribution in [0, 0.1) is 0 Å². The summed E-state index contributed by atoms with van der Waals surface area (Å²) in [6.45, 7) is 1.98. The summed E-state index contributed by atoms with van der Waals surface area (Å²) < 4.78 is 0. The lowest BCUT2D eigenvalue weighted by atomic mass is 10.0. The van der Waals surface area contributed by atoms with Crippen molar-refractivity contribution in [3.63, 3.8) is 0 Å². The van der Waals surface area contributed by atoms with Crippen molar-refractivity contribution >= 4 is 23.2 Å². The fourth-order valence-electron chi connectivity index (χ4n) is 2.31. The minimum atomic E-state index is 0.565. The Hall–Kier alpha value is -1.03. The van der Waals surface area contributed by atoms with Gasteiger partial charge in [0.05, 0.1) is 15.7 Å². The van der Waals surface area contributed by atoms with E-state index in [0.29, 0.717) is 10.0 Å². The third-order valence-corrected chi connectivity index (χ3v) is 4.06. The van der Waals surface area contributed by atoms with Crippen LogP contribution < -0.4 is 0 Å². The van der Waals surface area contributed by atoms with E-state index < -0.39 is 0 Å². The molecule has 5 heteroatoms. The van der Waals surface area contributed by atoms with Crippen molar-refractivity contribution in [2.45, 2.75) is 13.0 Å². The topological polar surface area (TPSA) is 31.9 Å². The van der Waals surface area contributed by atoms with Crippen molar-refractivity contribution in [3.05, 3.63) is 39.5 Å². The first kappa shape index (κ1) is 12.0. The fraction of sp³-hybridized carbons (Fsp3) is 0.308. The van der Waals surface area contributed by atoms with Gasteiger partial charge in [-0.3, -0.25) is 5.10 Å². The van der Waals surface area contributed by atoms with E-state index in [-0.39, 0.29) is 0 Å². The first-order chi connectivity index (χ1) is 8.65. The van der Waals surface area contributed by atoms with Crippen LogP contribution in [-0.4, -0.2) is 28.7 Å². The van der Waals surface area contributed by atoms with Gasteiger partial charge in [-0.2, -0.15) is 5.10 Å². The highest BCUT2D eigenvalue weighted by Gasteiger charge is 2.20. The minimum absolute atomic E-state index is 0.565. The molecule has 0 amide bonds. The van der Waals surface area contributed by atoms with Crippen molar-refractivity contribution in [2.24, 2.45) is 0 Å². The number of nitrogens with zero attached hydrogens (tertiary/aromatic N) is 2. The summed E-state index contributed by atoms with van der Waals surface area (Å²) in [6.07, 6.45) is 1.01. The van der Waals surface area contributed by atoms with Gasteiger partial charge in [0.1, 0.15) is 0 Å². The van der Waals surface area contributed by atoms with Gasteiger partial charge in [0.15, 0.2) is 0 Å². The van der Waals surface area contributed by atoms with Crippen LogP contribution in [0.2, 0.25) is 10.0 Å².